The lowest BCUT2D eigenvalue weighted by atomic mass is 9.83. The number of para-hydroxylation sites is 2. The Labute approximate surface area is 437 Å². The summed E-state index contributed by atoms with van der Waals surface area (Å²) in [5.41, 5.74) is 3.00. The van der Waals surface area contributed by atoms with Gasteiger partial charge in [0.2, 0.25) is 23.6 Å². The first kappa shape index (κ1) is 57.2. The van der Waals surface area contributed by atoms with Gasteiger partial charge in [-0.2, -0.15) is 0 Å². The van der Waals surface area contributed by atoms with E-state index >= 15 is 0 Å². The summed E-state index contributed by atoms with van der Waals surface area (Å²) in [6.07, 6.45) is 4.16. The number of anilines is 3. The fraction of sp³-hybridized carbons (Fsp3) is 0.519. The van der Waals surface area contributed by atoms with Crippen molar-refractivity contribution in [1.82, 2.24) is 26.2 Å². The number of fused-ring (bicyclic) bond motifs is 1. The number of ether oxygens (including phenoxy) is 5. The third kappa shape index (κ3) is 17.8. The molecule has 5 atom stereocenters. The molecule has 75 heavy (non-hydrogen) atoms. The third-order valence-electron chi connectivity index (χ3n) is 12.9. The van der Waals surface area contributed by atoms with Gasteiger partial charge in [-0.05, 0) is 120 Å². The van der Waals surface area contributed by atoms with Crippen LogP contribution in [0, 0.1) is 5.92 Å². The normalized spacial score (nSPS) is 18.3. The molecular formula is C54H72N8O13. The first-order valence-electron chi connectivity index (χ1n) is 25.7. The maximum absolute atomic E-state index is 14.7. The van der Waals surface area contributed by atoms with E-state index in [9.17, 15) is 38.4 Å². The zero-order chi connectivity index (χ0) is 53.9. The lowest BCUT2D eigenvalue weighted by molar-refractivity contribution is -0.144. The second-order valence-electron chi connectivity index (χ2n) is 19.8. The molecule has 1 saturated heterocycles. The molecular weight excluding hydrogens is 969 g/mol. The number of rotatable bonds is 22. The molecule has 3 aromatic rings. The summed E-state index contributed by atoms with van der Waals surface area (Å²) in [6, 6.07) is 18.2. The molecule has 8 amide bonds. The Morgan fingerprint density at radius 1 is 0.693 bits per heavy atom. The average Bonchev–Trinajstić information content (AvgIpc) is 3.81. The number of alkyl carbamates (subject to hydrolysis) is 1. The Morgan fingerprint density at radius 3 is 2.01 bits per heavy atom. The van der Waals surface area contributed by atoms with Crippen LogP contribution in [0.3, 0.4) is 0 Å². The number of carbonyl (C=O) groups excluding carboxylic acids is 8. The Balaban J connectivity index is 0.923. The predicted molar refractivity (Wildman–Crippen MR) is 278 cm³/mol. The highest BCUT2D eigenvalue weighted by atomic mass is 16.6. The molecule has 3 aromatic carbocycles. The molecule has 1 saturated carbocycles. The Kier molecular flexibility index (Phi) is 21.3. The minimum atomic E-state index is -1.18. The molecule has 21 heteroatoms. The largest absolute Gasteiger partial charge is 0.444 e. The molecule has 6 rings (SSSR count). The van der Waals surface area contributed by atoms with Crippen LogP contribution in [0.15, 0.2) is 72.8 Å². The quantitative estimate of drug-likeness (QED) is 0.0626. The van der Waals surface area contributed by atoms with Crippen LogP contribution in [-0.2, 0) is 54.1 Å². The van der Waals surface area contributed by atoms with Crippen molar-refractivity contribution in [3.63, 3.8) is 0 Å². The first-order chi connectivity index (χ1) is 36.0. The van der Waals surface area contributed by atoms with Gasteiger partial charge in [0.15, 0.2) is 6.10 Å². The lowest BCUT2D eigenvalue weighted by Gasteiger charge is -2.35. The highest BCUT2D eigenvalue weighted by Gasteiger charge is 2.45. The van der Waals surface area contributed by atoms with Crippen molar-refractivity contribution >= 4 is 64.7 Å². The minimum absolute atomic E-state index is 0.0223. The molecule has 7 N–H and O–H groups in total. The molecule has 3 aliphatic rings. The van der Waals surface area contributed by atoms with E-state index < -0.39 is 71.6 Å². The van der Waals surface area contributed by atoms with E-state index in [4.69, 9.17) is 23.7 Å². The van der Waals surface area contributed by atoms with E-state index in [2.05, 4.69) is 43.3 Å². The van der Waals surface area contributed by atoms with E-state index in [-0.39, 0.29) is 70.5 Å². The molecule has 1 aliphatic heterocycles. The van der Waals surface area contributed by atoms with E-state index in [1.54, 1.807) is 69.3 Å². The van der Waals surface area contributed by atoms with Gasteiger partial charge in [-0.3, -0.25) is 34.1 Å². The van der Waals surface area contributed by atoms with Gasteiger partial charge in [-0.25, -0.2) is 9.59 Å². The number of likely N-dealkylation sites (tertiary alicyclic amines) is 1. The topological polar surface area (TPSA) is 270 Å². The molecule has 0 radical (unpaired) electrons. The zero-order valence-electron chi connectivity index (χ0n) is 43.5. The van der Waals surface area contributed by atoms with Gasteiger partial charge in [0.05, 0.1) is 43.8 Å². The molecule has 2 fully saturated rings. The number of hydrogen-bond donors (Lipinski definition) is 7. The highest BCUT2D eigenvalue weighted by Crippen LogP contribution is 2.33. The molecule has 0 unspecified atom stereocenters. The van der Waals surface area contributed by atoms with Crippen molar-refractivity contribution < 1.29 is 62.0 Å². The smallest absolute Gasteiger partial charge is 0.412 e. The molecule has 2 aliphatic carbocycles. The molecule has 21 nitrogen and oxygen atoms in total. The summed E-state index contributed by atoms with van der Waals surface area (Å²) in [7, 11) is 1.38. The van der Waals surface area contributed by atoms with Crippen LogP contribution in [0.5, 0.6) is 0 Å². The van der Waals surface area contributed by atoms with Crippen molar-refractivity contribution in [3.05, 3.63) is 89.5 Å². The van der Waals surface area contributed by atoms with Crippen molar-refractivity contribution in [1.29, 1.82) is 0 Å². The Morgan fingerprint density at radius 2 is 1.33 bits per heavy atom. The summed E-state index contributed by atoms with van der Waals surface area (Å²) in [5.74, 6) is -2.93. The number of benzene rings is 3. The van der Waals surface area contributed by atoms with Gasteiger partial charge in [0, 0.05) is 30.9 Å². The van der Waals surface area contributed by atoms with Crippen molar-refractivity contribution in [2.24, 2.45) is 5.92 Å². The summed E-state index contributed by atoms with van der Waals surface area (Å²) < 4.78 is 27.0. The maximum Gasteiger partial charge on any atom is 0.412 e. The first-order valence-corrected chi connectivity index (χ1v) is 25.7. The second kappa shape index (κ2) is 28.0. The number of aryl methyl sites for hydroxylation is 1. The number of nitrogens with zero attached hydrogens (tertiary/aromatic N) is 1. The van der Waals surface area contributed by atoms with Crippen molar-refractivity contribution in [2.75, 3.05) is 69.2 Å². The summed E-state index contributed by atoms with van der Waals surface area (Å²) in [4.78, 5) is 107. The van der Waals surface area contributed by atoms with E-state index in [0.717, 1.165) is 49.7 Å². The summed E-state index contributed by atoms with van der Waals surface area (Å²) >= 11 is 0. The van der Waals surface area contributed by atoms with E-state index in [1.807, 2.05) is 18.2 Å². The minimum Gasteiger partial charge on any atom is -0.444 e. The monoisotopic (exact) mass is 1040 g/mol. The van der Waals surface area contributed by atoms with E-state index in [0.29, 0.717) is 35.5 Å². The van der Waals surface area contributed by atoms with Crippen LogP contribution in [0.25, 0.3) is 0 Å². The van der Waals surface area contributed by atoms with Crippen LogP contribution < -0.4 is 37.2 Å². The molecule has 0 spiro atoms. The van der Waals surface area contributed by atoms with Gasteiger partial charge >= 0.3 is 12.2 Å². The van der Waals surface area contributed by atoms with Gasteiger partial charge in [-0.1, -0.05) is 55.7 Å². The van der Waals surface area contributed by atoms with Gasteiger partial charge in [0.25, 0.3) is 11.8 Å². The molecule has 1 heterocycles. The van der Waals surface area contributed by atoms with Crippen LogP contribution in [0.1, 0.15) is 107 Å². The number of amides is 8. The molecule has 406 valence electrons. The standard InChI is InChI=1S/C54H72N8O13/c1-34(74-52(69)55-5)48(65)61-47(36-15-7-6-8-16-36)51(68)62-31-39(30-44(62)50(67)58-41-21-13-17-35-14-9-10-18-40(35)41)57-46(64)33-73-29-27-71-26-28-72-32-45(63)56-38-24-22-37(23-25-38)49(66)59-42-19-11-12-20-43(42)60-53(70)75-54(2,3)4/h9-12,14,18-20,22-25,34,36,39,41,44,47H,6-8,13,15-17,21,26-33H2,1-5H3,(H,55,69)(H,56,63)(H,57,64)(H,58,67)(H,59,66)(H,60,70)(H,61,65)/t34-,39-,41+,44-,47-/m0/s1. The lowest BCUT2D eigenvalue weighted by Crippen LogP contribution is -2.58. The average molecular weight is 1040 g/mol. The Hall–Kier alpha value is -7.10. The summed E-state index contributed by atoms with van der Waals surface area (Å²) in [5, 5.41) is 19.4. The van der Waals surface area contributed by atoms with Gasteiger partial charge < -0.3 is 60.5 Å². The van der Waals surface area contributed by atoms with E-state index in [1.165, 1.54) is 18.9 Å². The fourth-order valence-corrected chi connectivity index (χ4v) is 9.32. The van der Waals surface area contributed by atoms with Crippen LogP contribution in [0.2, 0.25) is 0 Å². The van der Waals surface area contributed by atoms with Gasteiger partial charge in [-0.15, -0.1) is 0 Å². The predicted octanol–water partition coefficient (Wildman–Crippen LogP) is 5.36. The maximum atomic E-state index is 14.7. The summed E-state index contributed by atoms with van der Waals surface area (Å²) in [6.45, 7) is 6.58. The van der Waals surface area contributed by atoms with Crippen LogP contribution >= 0.6 is 0 Å². The zero-order valence-corrected chi connectivity index (χ0v) is 43.5. The third-order valence-corrected chi connectivity index (χ3v) is 12.9. The van der Waals surface area contributed by atoms with Gasteiger partial charge in [0.1, 0.15) is 30.9 Å². The SMILES string of the molecule is CNC(=O)O[C@@H](C)C(=O)N[C@H](C(=O)N1C[C@@H](NC(=O)COCCOCCOCC(=O)Nc2ccc(C(=O)Nc3ccccc3NC(=O)OC(C)(C)C)cc2)C[C@H]1C(=O)N[C@@H]1CCCc2ccccc21)C1CCCCC1. The van der Waals surface area contributed by atoms with Crippen LogP contribution in [-0.4, -0.2) is 136 Å². The Bertz CT molecular complexity index is 2460. The fourth-order valence-electron chi connectivity index (χ4n) is 9.32. The highest BCUT2D eigenvalue weighted by molar-refractivity contribution is 6.07. The molecule has 0 aromatic heterocycles. The number of hydrogen-bond acceptors (Lipinski definition) is 13. The number of carbonyl (C=O) groups is 8. The number of nitrogens with one attached hydrogen (secondary N) is 7. The van der Waals surface area contributed by atoms with Crippen molar-refractivity contribution in [2.45, 2.75) is 121 Å². The van der Waals surface area contributed by atoms with Crippen molar-refractivity contribution in [3.8, 4) is 0 Å². The molecule has 0 bridgehead atoms. The second-order valence-corrected chi connectivity index (χ2v) is 19.8. The van der Waals surface area contributed by atoms with Crippen LogP contribution in [0.4, 0.5) is 26.7 Å².